The van der Waals surface area contributed by atoms with Crippen molar-refractivity contribution >= 4 is 21.5 Å². The van der Waals surface area contributed by atoms with Crippen LogP contribution in [0.1, 0.15) is 22.3 Å². The molecule has 1 heterocycles. The lowest BCUT2D eigenvalue weighted by atomic mass is 10.1. The predicted octanol–water partition coefficient (Wildman–Crippen LogP) is 1.54. The number of hydrogen-bond acceptors (Lipinski definition) is 4. The first-order valence-electron chi connectivity index (χ1n) is 6.16. The lowest BCUT2D eigenvalue weighted by Crippen LogP contribution is -2.17. The lowest BCUT2D eigenvalue weighted by molar-refractivity contribution is 0.0698. The van der Waals surface area contributed by atoms with Crippen molar-refractivity contribution in [2.75, 3.05) is 23.4 Å². The van der Waals surface area contributed by atoms with Crippen LogP contribution < -0.4 is 5.32 Å². The Balaban J connectivity index is 2.10. The summed E-state index contributed by atoms with van der Waals surface area (Å²) in [4.78, 5) is 11.1. The fourth-order valence-electron chi connectivity index (χ4n) is 2.36. The molecule has 1 aromatic carbocycles. The molecule has 0 bridgehead atoms. The Kier molecular flexibility index (Phi) is 3.80. The average molecular weight is 283 g/mol. The highest BCUT2D eigenvalue weighted by molar-refractivity contribution is 7.91. The lowest BCUT2D eigenvalue weighted by Gasteiger charge is -2.15. The molecule has 1 unspecified atom stereocenters. The van der Waals surface area contributed by atoms with Crippen LogP contribution in [0.2, 0.25) is 0 Å². The molecule has 1 aliphatic rings. The predicted molar refractivity (Wildman–Crippen MR) is 73.4 cm³/mol. The van der Waals surface area contributed by atoms with Gasteiger partial charge in [-0.05, 0) is 30.9 Å². The summed E-state index contributed by atoms with van der Waals surface area (Å²) < 4.78 is 22.7. The van der Waals surface area contributed by atoms with Crippen LogP contribution in [0.25, 0.3) is 0 Å². The number of aromatic carboxylic acids is 1. The molecule has 0 radical (unpaired) electrons. The number of hydrogen-bond donors (Lipinski definition) is 2. The fraction of sp³-hybridized carbons (Fsp3) is 0.462. The highest BCUT2D eigenvalue weighted by Gasteiger charge is 2.27. The summed E-state index contributed by atoms with van der Waals surface area (Å²) in [6.45, 7) is 2.32. The van der Waals surface area contributed by atoms with Crippen LogP contribution in [0.3, 0.4) is 0 Å². The van der Waals surface area contributed by atoms with Gasteiger partial charge in [-0.15, -0.1) is 0 Å². The monoisotopic (exact) mass is 283 g/mol. The number of benzene rings is 1. The number of carbonyl (C=O) groups is 1. The minimum atomic E-state index is -2.89. The van der Waals surface area contributed by atoms with Gasteiger partial charge in [-0.2, -0.15) is 0 Å². The maximum absolute atomic E-state index is 11.4. The third kappa shape index (κ3) is 3.26. The molecule has 6 heteroatoms. The van der Waals surface area contributed by atoms with Gasteiger partial charge >= 0.3 is 5.97 Å². The van der Waals surface area contributed by atoms with E-state index in [9.17, 15) is 13.2 Å². The number of anilines is 1. The van der Waals surface area contributed by atoms with E-state index in [0.29, 0.717) is 18.7 Å². The molecular formula is C13H17NO4S. The molecule has 104 valence electrons. The van der Waals surface area contributed by atoms with E-state index in [4.69, 9.17) is 5.11 Å². The van der Waals surface area contributed by atoms with E-state index in [1.165, 1.54) is 0 Å². The summed E-state index contributed by atoms with van der Waals surface area (Å²) in [5.74, 6) is -0.496. The molecule has 1 aliphatic heterocycles. The molecule has 0 amide bonds. The summed E-state index contributed by atoms with van der Waals surface area (Å²) >= 11 is 0. The van der Waals surface area contributed by atoms with Crippen LogP contribution in [0, 0.1) is 12.8 Å². The van der Waals surface area contributed by atoms with E-state index >= 15 is 0 Å². The molecule has 0 spiro atoms. The van der Waals surface area contributed by atoms with Gasteiger partial charge in [0.25, 0.3) is 0 Å². The smallest absolute Gasteiger partial charge is 0.337 e. The first-order chi connectivity index (χ1) is 8.89. The van der Waals surface area contributed by atoms with Crippen LogP contribution in [0.15, 0.2) is 18.2 Å². The van der Waals surface area contributed by atoms with Crippen LogP contribution in [-0.2, 0) is 9.84 Å². The normalized spacial score (nSPS) is 21.2. The standard InChI is InChI=1S/C13H17NO4S/c1-9-3-2-4-11(13(15)16)12(9)14-7-10-5-6-19(17,18)8-10/h2-4,10,14H,5-8H2,1H3,(H,15,16). The second-order valence-electron chi connectivity index (χ2n) is 4.95. The second kappa shape index (κ2) is 5.21. The van der Waals surface area contributed by atoms with Gasteiger partial charge in [-0.1, -0.05) is 12.1 Å². The van der Waals surface area contributed by atoms with Crippen LogP contribution in [-0.4, -0.2) is 37.5 Å². The summed E-state index contributed by atoms with van der Waals surface area (Å²) in [5, 5.41) is 12.2. The van der Waals surface area contributed by atoms with Crippen LogP contribution in [0.4, 0.5) is 5.69 Å². The number of sulfone groups is 1. The van der Waals surface area contributed by atoms with Gasteiger partial charge in [0.2, 0.25) is 0 Å². The van der Waals surface area contributed by atoms with Gasteiger partial charge in [0.05, 0.1) is 22.8 Å². The molecule has 5 nitrogen and oxygen atoms in total. The Bertz CT molecular complexity index is 595. The third-order valence-electron chi connectivity index (χ3n) is 3.40. The zero-order chi connectivity index (χ0) is 14.0. The van der Waals surface area contributed by atoms with Gasteiger partial charge in [0, 0.05) is 6.54 Å². The average Bonchev–Trinajstić information content (AvgIpc) is 2.67. The number of carboxylic acids is 1. The summed E-state index contributed by atoms with van der Waals surface area (Å²) in [6, 6.07) is 5.08. The quantitative estimate of drug-likeness (QED) is 0.875. The van der Waals surface area contributed by atoms with Crippen LogP contribution >= 0.6 is 0 Å². The maximum Gasteiger partial charge on any atom is 0.337 e. The highest BCUT2D eigenvalue weighted by atomic mass is 32.2. The molecule has 2 N–H and O–H groups in total. The number of para-hydroxylation sites is 1. The van der Waals surface area contributed by atoms with Crippen molar-refractivity contribution in [2.24, 2.45) is 5.92 Å². The number of aryl methyl sites for hydroxylation is 1. The number of nitrogens with one attached hydrogen (secondary N) is 1. The minimum Gasteiger partial charge on any atom is -0.478 e. The Morgan fingerprint density at radius 3 is 2.79 bits per heavy atom. The van der Waals surface area contributed by atoms with Crippen LogP contribution in [0.5, 0.6) is 0 Å². The Morgan fingerprint density at radius 1 is 1.47 bits per heavy atom. The number of carboxylic acid groups (broad SMARTS) is 1. The van der Waals surface area contributed by atoms with E-state index in [1.807, 2.05) is 13.0 Å². The third-order valence-corrected chi connectivity index (χ3v) is 5.23. The van der Waals surface area contributed by atoms with Gasteiger partial charge in [-0.25, -0.2) is 13.2 Å². The van der Waals surface area contributed by atoms with E-state index < -0.39 is 15.8 Å². The van der Waals surface area contributed by atoms with Gasteiger partial charge in [-0.3, -0.25) is 0 Å². The van der Waals surface area contributed by atoms with Crippen molar-refractivity contribution in [3.63, 3.8) is 0 Å². The molecular weight excluding hydrogens is 266 g/mol. The van der Waals surface area contributed by atoms with Gasteiger partial charge in [0.15, 0.2) is 9.84 Å². The molecule has 1 atom stereocenters. The largest absolute Gasteiger partial charge is 0.478 e. The Labute approximate surface area is 112 Å². The molecule has 1 fully saturated rings. The molecule has 0 aromatic heterocycles. The second-order valence-corrected chi connectivity index (χ2v) is 7.18. The van der Waals surface area contributed by atoms with E-state index in [1.54, 1.807) is 12.1 Å². The SMILES string of the molecule is Cc1cccc(C(=O)O)c1NCC1CCS(=O)(=O)C1. The topological polar surface area (TPSA) is 83.5 Å². The number of rotatable bonds is 4. The van der Waals surface area contributed by atoms with Crippen molar-refractivity contribution in [3.05, 3.63) is 29.3 Å². The first-order valence-corrected chi connectivity index (χ1v) is 7.98. The highest BCUT2D eigenvalue weighted by Crippen LogP contribution is 2.23. The molecule has 0 saturated carbocycles. The van der Waals surface area contributed by atoms with E-state index in [0.717, 1.165) is 5.56 Å². The van der Waals surface area contributed by atoms with Crippen molar-refractivity contribution in [1.29, 1.82) is 0 Å². The molecule has 19 heavy (non-hydrogen) atoms. The Hall–Kier alpha value is -1.56. The van der Waals surface area contributed by atoms with Crippen molar-refractivity contribution in [2.45, 2.75) is 13.3 Å². The maximum atomic E-state index is 11.4. The van der Waals surface area contributed by atoms with E-state index in [-0.39, 0.29) is 23.0 Å². The fourth-order valence-corrected chi connectivity index (χ4v) is 4.22. The zero-order valence-electron chi connectivity index (χ0n) is 10.7. The molecule has 0 aliphatic carbocycles. The first kappa shape index (κ1) is 13.9. The molecule has 1 aromatic rings. The summed E-state index contributed by atoms with van der Waals surface area (Å²) in [6.07, 6.45) is 0.642. The summed E-state index contributed by atoms with van der Waals surface area (Å²) in [7, 11) is -2.89. The Morgan fingerprint density at radius 2 is 2.21 bits per heavy atom. The molecule has 1 saturated heterocycles. The zero-order valence-corrected chi connectivity index (χ0v) is 11.5. The van der Waals surface area contributed by atoms with Gasteiger partial charge in [0.1, 0.15) is 0 Å². The van der Waals surface area contributed by atoms with Crippen molar-refractivity contribution < 1.29 is 18.3 Å². The minimum absolute atomic E-state index is 0.0613. The summed E-state index contributed by atoms with van der Waals surface area (Å²) in [5.41, 5.74) is 1.65. The van der Waals surface area contributed by atoms with Gasteiger partial charge < -0.3 is 10.4 Å². The van der Waals surface area contributed by atoms with E-state index in [2.05, 4.69) is 5.32 Å². The van der Waals surface area contributed by atoms with Crippen molar-refractivity contribution in [3.8, 4) is 0 Å². The molecule has 2 rings (SSSR count). The van der Waals surface area contributed by atoms with Crippen molar-refractivity contribution in [1.82, 2.24) is 0 Å².